The summed E-state index contributed by atoms with van der Waals surface area (Å²) < 4.78 is 84.4. The second-order valence-corrected chi connectivity index (χ2v) is 11.6. The summed E-state index contributed by atoms with van der Waals surface area (Å²) in [6, 6.07) is -1.75. The minimum Gasteiger partial charge on any atom is -0.462 e. The molecule has 17 nitrogen and oxygen atoms in total. The van der Waals surface area contributed by atoms with Crippen molar-refractivity contribution in [1.82, 2.24) is 4.90 Å². The zero-order valence-electron chi connectivity index (χ0n) is 23.4. The van der Waals surface area contributed by atoms with E-state index in [1.807, 2.05) is 0 Å². The SMILES string of the molecule is CCOC(=O)C(=CN1[C@@H]([C@@H](COC(C)=O)OC(C)=O)[C@H](OS(C)(=O)=O)[C@@H](OS(C)(=O)=O)[C@H]1OC(C)=O)C(=O)OCC. The molecule has 0 radical (unpaired) electrons. The molecule has 0 bridgehead atoms. The van der Waals surface area contributed by atoms with Gasteiger partial charge in [-0.15, -0.1) is 0 Å². The molecular formula is C22H33NO16S2. The van der Waals surface area contributed by atoms with Gasteiger partial charge in [0.2, 0.25) is 6.23 Å². The van der Waals surface area contributed by atoms with Crippen LogP contribution >= 0.6 is 0 Å². The average Bonchev–Trinajstić information content (AvgIpc) is 3.03. The van der Waals surface area contributed by atoms with Crippen molar-refractivity contribution in [1.29, 1.82) is 0 Å². The standard InChI is InChI=1S/C22H33NO16S2/c1-8-33-21(27)15(22(28)34-9-2)10-23-17(16(36-13(4)25)11-35-12(3)24)18(38-40(6,29)30)19(39-41(7,31)32)20(23)37-14(5)26/h10,16-20H,8-9,11H2,1-7H3/t16-,17+,18+,19-,20-/m1/s1. The molecular weight excluding hydrogens is 598 g/mol. The first-order valence-electron chi connectivity index (χ1n) is 11.9. The first-order valence-corrected chi connectivity index (χ1v) is 15.5. The summed E-state index contributed by atoms with van der Waals surface area (Å²) in [6.07, 6.45) is -5.67. The third kappa shape index (κ3) is 11.6. The van der Waals surface area contributed by atoms with E-state index in [0.717, 1.165) is 31.9 Å². The maximum atomic E-state index is 12.7. The normalized spacial score (nSPS) is 21.3. The number of hydrogen-bond donors (Lipinski definition) is 0. The first-order chi connectivity index (χ1) is 18.8. The number of likely N-dealkylation sites (tertiary alicyclic amines) is 1. The Balaban J connectivity index is 4.14. The molecule has 0 aromatic heterocycles. The molecule has 1 aliphatic rings. The number of esters is 5. The van der Waals surface area contributed by atoms with Crippen LogP contribution in [0, 0.1) is 0 Å². The monoisotopic (exact) mass is 631 g/mol. The summed E-state index contributed by atoms with van der Waals surface area (Å²) in [4.78, 5) is 62.0. The third-order valence-electron chi connectivity index (χ3n) is 4.86. The number of rotatable bonds is 14. The zero-order valence-corrected chi connectivity index (χ0v) is 25.0. The van der Waals surface area contributed by atoms with Gasteiger partial charge >= 0.3 is 29.8 Å². The third-order valence-corrected chi connectivity index (χ3v) is 6.00. The lowest BCUT2D eigenvalue weighted by Crippen LogP contribution is -2.50. The van der Waals surface area contributed by atoms with Gasteiger partial charge in [-0.1, -0.05) is 0 Å². The van der Waals surface area contributed by atoms with E-state index >= 15 is 0 Å². The summed E-state index contributed by atoms with van der Waals surface area (Å²) in [5.74, 6) is -5.35. The lowest BCUT2D eigenvalue weighted by Gasteiger charge is -2.34. The molecule has 0 saturated carbocycles. The molecule has 0 N–H and O–H groups in total. The molecule has 234 valence electrons. The minimum absolute atomic E-state index is 0.200. The highest BCUT2D eigenvalue weighted by Gasteiger charge is 2.58. The van der Waals surface area contributed by atoms with Crippen LogP contribution in [0.4, 0.5) is 0 Å². The second-order valence-electron chi connectivity index (χ2n) is 8.40. The van der Waals surface area contributed by atoms with Crippen molar-refractivity contribution in [2.45, 2.75) is 65.2 Å². The Hall–Kier alpha value is -3.29. The van der Waals surface area contributed by atoms with Gasteiger partial charge in [-0.25, -0.2) is 9.59 Å². The van der Waals surface area contributed by atoms with Gasteiger partial charge < -0.3 is 28.6 Å². The Kier molecular flexibility index (Phi) is 13.1. The Morgan fingerprint density at radius 1 is 0.756 bits per heavy atom. The fraction of sp³-hybridized carbons (Fsp3) is 0.682. The molecule has 0 amide bonds. The average molecular weight is 632 g/mol. The van der Waals surface area contributed by atoms with Crippen molar-refractivity contribution in [3.05, 3.63) is 11.8 Å². The Morgan fingerprint density at radius 2 is 1.24 bits per heavy atom. The maximum Gasteiger partial charge on any atom is 0.347 e. The van der Waals surface area contributed by atoms with Crippen LogP contribution in [0.2, 0.25) is 0 Å². The molecule has 1 fully saturated rings. The number of hydrogen-bond acceptors (Lipinski definition) is 17. The molecule has 41 heavy (non-hydrogen) atoms. The molecule has 0 unspecified atom stereocenters. The number of ether oxygens (including phenoxy) is 5. The lowest BCUT2D eigenvalue weighted by molar-refractivity contribution is -0.166. The van der Waals surface area contributed by atoms with Crippen molar-refractivity contribution < 1.29 is 72.9 Å². The predicted molar refractivity (Wildman–Crippen MR) is 134 cm³/mol. The second kappa shape index (κ2) is 15.1. The Morgan fingerprint density at radius 3 is 1.63 bits per heavy atom. The molecule has 0 aromatic rings. The first kappa shape index (κ1) is 35.7. The van der Waals surface area contributed by atoms with Crippen LogP contribution in [-0.4, -0.2) is 114 Å². The zero-order chi connectivity index (χ0) is 31.7. The van der Waals surface area contributed by atoms with E-state index in [2.05, 4.69) is 0 Å². The van der Waals surface area contributed by atoms with Crippen LogP contribution in [0.25, 0.3) is 0 Å². The highest BCUT2D eigenvalue weighted by Crippen LogP contribution is 2.36. The van der Waals surface area contributed by atoms with Gasteiger partial charge in [0.15, 0.2) is 17.8 Å². The van der Waals surface area contributed by atoms with E-state index in [4.69, 9.17) is 32.1 Å². The van der Waals surface area contributed by atoms with Crippen molar-refractivity contribution in [2.75, 3.05) is 32.3 Å². The van der Waals surface area contributed by atoms with Crippen LogP contribution in [0.1, 0.15) is 34.6 Å². The van der Waals surface area contributed by atoms with Crippen molar-refractivity contribution in [3.63, 3.8) is 0 Å². The smallest absolute Gasteiger partial charge is 0.347 e. The molecule has 1 saturated heterocycles. The van der Waals surface area contributed by atoms with Gasteiger partial charge in [-0.2, -0.15) is 16.8 Å². The van der Waals surface area contributed by atoms with Gasteiger partial charge in [0, 0.05) is 27.0 Å². The summed E-state index contributed by atoms with van der Waals surface area (Å²) in [5, 5.41) is 0. The summed E-state index contributed by atoms with van der Waals surface area (Å²) in [5.41, 5.74) is -0.817. The van der Waals surface area contributed by atoms with Gasteiger partial charge in [0.1, 0.15) is 18.8 Å². The Bertz CT molecular complexity index is 1220. The molecule has 1 rings (SSSR count). The molecule has 19 heteroatoms. The number of carbonyl (C=O) groups is 5. The highest BCUT2D eigenvalue weighted by atomic mass is 32.2. The van der Waals surface area contributed by atoms with E-state index in [0.29, 0.717) is 12.5 Å². The van der Waals surface area contributed by atoms with E-state index < -0.39 is 92.8 Å². The van der Waals surface area contributed by atoms with Gasteiger partial charge in [0.25, 0.3) is 20.2 Å². The van der Waals surface area contributed by atoms with Crippen molar-refractivity contribution in [2.24, 2.45) is 0 Å². The highest BCUT2D eigenvalue weighted by molar-refractivity contribution is 7.86. The van der Waals surface area contributed by atoms with E-state index in [9.17, 15) is 40.8 Å². The molecule has 1 aliphatic heterocycles. The number of nitrogens with zero attached hydrogens (tertiary/aromatic N) is 1. The fourth-order valence-electron chi connectivity index (χ4n) is 3.71. The van der Waals surface area contributed by atoms with Crippen LogP contribution < -0.4 is 0 Å². The topological polar surface area (TPSA) is 221 Å². The predicted octanol–water partition coefficient (Wildman–Crippen LogP) is -1.25. The molecule has 1 heterocycles. The largest absolute Gasteiger partial charge is 0.462 e. The van der Waals surface area contributed by atoms with Crippen LogP contribution in [-0.2, 0) is 76.3 Å². The van der Waals surface area contributed by atoms with Crippen molar-refractivity contribution >= 4 is 50.1 Å². The summed E-state index contributed by atoms with van der Waals surface area (Å²) in [6.45, 7) is 4.59. The quantitative estimate of drug-likeness (QED) is 0.0546. The number of carbonyl (C=O) groups excluding carboxylic acids is 5. The van der Waals surface area contributed by atoms with Crippen LogP contribution in [0.5, 0.6) is 0 Å². The summed E-state index contributed by atoms with van der Waals surface area (Å²) in [7, 11) is -8.92. The van der Waals surface area contributed by atoms with Crippen LogP contribution in [0.3, 0.4) is 0 Å². The lowest BCUT2D eigenvalue weighted by atomic mass is 10.0. The molecule has 0 aliphatic carbocycles. The molecule has 5 atom stereocenters. The fourth-order valence-corrected chi connectivity index (χ4v) is 4.95. The Labute approximate surface area is 237 Å². The van der Waals surface area contributed by atoms with E-state index in [1.165, 1.54) is 13.8 Å². The van der Waals surface area contributed by atoms with Gasteiger partial charge in [-0.05, 0) is 13.8 Å². The molecule has 0 aromatic carbocycles. The van der Waals surface area contributed by atoms with Gasteiger partial charge in [-0.3, -0.25) is 22.7 Å². The van der Waals surface area contributed by atoms with Crippen LogP contribution in [0.15, 0.2) is 11.8 Å². The maximum absolute atomic E-state index is 12.7. The van der Waals surface area contributed by atoms with E-state index in [1.54, 1.807) is 0 Å². The van der Waals surface area contributed by atoms with Gasteiger partial charge in [0.05, 0.1) is 25.7 Å². The van der Waals surface area contributed by atoms with E-state index in [-0.39, 0.29) is 13.2 Å². The molecule has 0 spiro atoms. The summed E-state index contributed by atoms with van der Waals surface area (Å²) >= 11 is 0. The minimum atomic E-state index is -4.47. The van der Waals surface area contributed by atoms with Crippen molar-refractivity contribution in [3.8, 4) is 0 Å².